The van der Waals surface area contributed by atoms with E-state index in [4.69, 9.17) is 5.73 Å². The molecule has 0 saturated carbocycles. The van der Waals surface area contributed by atoms with Crippen molar-refractivity contribution in [2.24, 2.45) is 5.73 Å². The molecule has 0 aliphatic heterocycles. The topological polar surface area (TPSA) is 68.0 Å². The minimum atomic E-state index is -0.744. The number of halogens is 2. The van der Waals surface area contributed by atoms with E-state index in [-0.39, 0.29) is 5.56 Å². The molecule has 0 unspecified atom stereocenters. The standard InChI is InChI=1S/C14H13F2N3O/c15-11-2-1-3-12(16)10(11)6-14(20)19-13-5-4-9(7-17)8-18-13/h1-5,8H,6-7,17H2,(H,18,19,20). The Balaban J connectivity index is 2.05. The van der Waals surface area contributed by atoms with Crippen LogP contribution >= 0.6 is 0 Å². The molecule has 0 radical (unpaired) electrons. The summed E-state index contributed by atoms with van der Waals surface area (Å²) in [7, 11) is 0. The van der Waals surface area contributed by atoms with Crippen LogP contribution in [0.5, 0.6) is 0 Å². The number of aromatic nitrogens is 1. The number of hydrogen-bond acceptors (Lipinski definition) is 3. The summed E-state index contributed by atoms with van der Waals surface area (Å²) in [6, 6.07) is 6.77. The van der Waals surface area contributed by atoms with Gasteiger partial charge < -0.3 is 11.1 Å². The zero-order valence-corrected chi connectivity index (χ0v) is 10.6. The quantitative estimate of drug-likeness (QED) is 0.898. The Bertz CT molecular complexity index is 594. The smallest absolute Gasteiger partial charge is 0.230 e. The first kappa shape index (κ1) is 14.1. The molecule has 1 aromatic heterocycles. The van der Waals surface area contributed by atoms with Gasteiger partial charge in [0.1, 0.15) is 17.5 Å². The van der Waals surface area contributed by atoms with Gasteiger partial charge in [0.15, 0.2) is 0 Å². The molecule has 2 rings (SSSR count). The van der Waals surface area contributed by atoms with Crippen LogP contribution in [0.25, 0.3) is 0 Å². The Kier molecular flexibility index (Phi) is 4.37. The average molecular weight is 277 g/mol. The summed E-state index contributed by atoms with van der Waals surface area (Å²) >= 11 is 0. The van der Waals surface area contributed by atoms with Crippen molar-refractivity contribution in [3.05, 3.63) is 59.3 Å². The zero-order chi connectivity index (χ0) is 14.5. The summed E-state index contributed by atoms with van der Waals surface area (Å²) in [4.78, 5) is 15.7. The number of nitrogens with one attached hydrogen (secondary N) is 1. The first-order chi connectivity index (χ1) is 9.60. The minimum Gasteiger partial charge on any atom is -0.326 e. The molecule has 1 amide bonds. The number of rotatable bonds is 4. The molecule has 0 atom stereocenters. The summed E-state index contributed by atoms with van der Waals surface area (Å²) < 4.78 is 26.8. The maximum absolute atomic E-state index is 13.4. The van der Waals surface area contributed by atoms with Crippen LogP contribution in [-0.4, -0.2) is 10.9 Å². The van der Waals surface area contributed by atoms with Crippen molar-refractivity contribution in [3.8, 4) is 0 Å². The maximum Gasteiger partial charge on any atom is 0.230 e. The minimum absolute atomic E-state index is 0.261. The molecule has 104 valence electrons. The molecule has 1 aromatic carbocycles. The number of nitrogens with two attached hydrogens (primary N) is 1. The summed E-state index contributed by atoms with van der Waals surface area (Å²) in [5.74, 6) is -1.72. The molecular weight excluding hydrogens is 264 g/mol. The van der Waals surface area contributed by atoms with Gasteiger partial charge in [0, 0.05) is 18.3 Å². The van der Waals surface area contributed by atoms with Crippen molar-refractivity contribution in [1.29, 1.82) is 0 Å². The first-order valence-electron chi connectivity index (χ1n) is 5.98. The van der Waals surface area contributed by atoms with Gasteiger partial charge in [0.25, 0.3) is 0 Å². The van der Waals surface area contributed by atoms with Crippen LogP contribution in [0, 0.1) is 11.6 Å². The van der Waals surface area contributed by atoms with Gasteiger partial charge in [-0.25, -0.2) is 13.8 Å². The Morgan fingerprint density at radius 3 is 2.45 bits per heavy atom. The molecule has 0 fully saturated rings. The van der Waals surface area contributed by atoms with Crippen molar-refractivity contribution in [1.82, 2.24) is 4.98 Å². The van der Waals surface area contributed by atoms with Gasteiger partial charge >= 0.3 is 0 Å². The van der Waals surface area contributed by atoms with Crippen molar-refractivity contribution >= 4 is 11.7 Å². The third-order valence-electron chi connectivity index (χ3n) is 2.73. The van der Waals surface area contributed by atoms with Crippen LogP contribution in [0.3, 0.4) is 0 Å². The fourth-order valence-corrected chi connectivity index (χ4v) is 1.67. The Morgan fingerprint density at radius 1 is 1.20 bits per heavy atom. The number of hydrogen-bond donors (Lipinski definition) is 2. The lowest BCUT2D eigenvalue weighted by molar-refractivity contribution is -0.115. The highest BCUT2D eigenvalue weighted by molar-refractivity contribution is 5.91. The predicted molar refractivity (Wildman–Crippen MR) is 70.8 cm³/mol. The molecule has 0 aliphatic carbocycles. The number of anilines is 1. The highest BCUT2D eigenvalue weighted by Gasteiger charge is 2.13. The van der Waals surface area contributed by atoms with Gasteiger partial charge in [-0.05, 0) is 23.8 Å². The van der Waals surface area contributed by atoms with Crippen LogP contribution in [0.1, 0.15) is 11.1 Å². The highest BCUT2D eigenvalue weighted by atomic mass is 19.1. The maximum atomic E-state index is 13.4. The van der Waals surface area contributed by atoms with E-state index in [2.05, 4.69) is 10.3 Å². The summed E-state index contributed by atoms with van der Waals surface area (Å²) in [5, 5.41) is 2.47. The third-order valence-corrected chi connectivity index (χ3v) is 2.73. The summed E-state index contributed by atoms with van der Waals surface area (Å²) in [5.41, 5.74) is 5.99. The van der Waals surface area contributed by atoms with Gasteiger partial charge in [0.2, 0.25) is 5.91 Å². The molecule has 4 nitrogen and oxygen atoms in total. The molecule has 3 N–H and O–H groups in total. The lowest BCUT2D eigenvalue weighted by Gasteiger charge is -2.06. The second kappa shape index (κ2) is 6.21. The van der Waals surface area contributed by atoms with E-state index in [1.807, 2.05) is 0 Å². The molecular formula is C14H13F2N3O. The normalized spacial score (nSPS) is 10.3. The molecule has 1 heterocycles. The monoisotopic (exact) mass is 277 g/mol. The van der Waals surface area contributed by atoms with Gasteiger partial charge in [-0.3, -0.25) is 4.79 Å². The predicted octanol–water partition coefficient (Wildman–Crippen LogP) is 2.00. The van der Waals surface area contributed by atoms with Crippen molar-refractivity contribution in [2.75, 3.05) is 5.32 Å². The fourth-order valence-electron chi connectivity index (χ4n) is 1.67. The SMILES string of the molecule is NCc1ccc(NC(=O)Cc2c(F)cccc2F)nc1. The lowest BCUT2D eigenvalue weighted by Crippen LogP contribution is -2.17. The molecule has 0 saturated heterocycles. The van der Waals surface area contributed by atoms with E-state index in [1.165, 1.54) is 12.3 Å². The lowest BCUT2D eigenvalue weighted by atomic mass is 10.1. The van der Waals surface area contributed by atoms with Crippen molar-refractivity contribution < 1.29 is 13.6 Å². The molecule has 2 aromatic rings. The fraction of sp³-hybridized carbons (Fsp3) is 0.143. The highest BCUT2D eigenvalue weighted by Crippen LogP contribution is 2.13. The average Bonchev–Trinajstić information content (AvgIpc) is 2.44. The van der Waals surface area contributed by atoms with Gasteiger partial charge in [0.05, 0.1) is 6.42 Å². The number of benzene rings is 1. The van der Waals surface area contributed by atoms with E-state index in [1.54, 1.807) is 12.1 Å². The van der Waals surface area contributed by atoms with Crippen LogP contribution in [0.2, 0.25) is 0 Å². The third kappa shape index (κ3) is 3.36. The first-order valence-corrected chi connectivity index (χ1v) is 5.98. The van der Waals surface area contributed by atoms with Crippen molar-refractivity contribution in [2.45, 2.75) is 13.0 Å². The summed E-state index contributed by atoms with van der Waals surface area (Å²) in [6.45, 7) is 0.349. The van der Waals surface area contributed by atoms with E-state index in [0.717, 1.165) is 17.7 Å². The van der Waals surface area contributed by atoms with Crippen LogP contribution in [-0.2, 0) is 17.8 Å². The van der Waals surface area contributed by atoms with Gasteiger partial charge in [-0.15, -0.1) is 0 Å². The molecule has 0 spiro atoms. The molecule has 20 heavy (non-hydrogen) atoms. The summed E-state index contributed by atoms with van der Waals surface area (Å²) in [6.07, 6.45) is 1.14. The Labute approximate surface area is 114 Å². The molecule has 6 heteroatoms. The van der Waals surface area contributed by atoms with Crippen molar-refractivity contribution in [3.63, 3.8) is 0 Å². The second-order valence-electron chi connectivity index (χ2n) is 4.18. The zero-order valence-electron chi connectivity index (χ0n) is 10.6. The van der Waals surface area contributed by atoms with E-state index < -0.39 is 24.0 Å². The molecule has 0 bridgehead atoms. The van der Waals surface area contributed by atoms with Crippen LogP contribution in [0.4, 0.5) is 14.6 Å². The number of carbonyl (C=O) groups is 1. The van der Waals surface area contributed by atoms with Crippen LogP contribution < -0.4 is 11.1 Å². The Morgan fingerprint density at radius 2 is 1.90 bits per heavy atom. The largest absolute Gasteiger partial charge is 0.326 e. The van der Waals surface area contributed by atoms with E-state index in [9.17, 15) is 13.6 Å². The number of pyridine rings is 1. The number of amides is 1. The molecule has 0 aliphatic rings. The number of carbonyl (C=O) groups excluding carboxylic acids is 1. The van der Waals surface area contributed by atoms with Gasteiger partial charge in [-0.1, -0.05) is 12.1 Å². The van der Waals surface area contributed by atoms with Crippen LogP contribution in [0.15, 0.2) is 36.5 Å². The van der Waals surface area contributed by atoms with E-state index >= 15 is 0 Å². The van der Waals surface area contributed by atoms with E-state index in [0.29, 0.717) is 12.4 Å². The Hall–Kier alpha value is -2.34. The second-order valence-corrected chi connectivity index (χ2v) is 4.18. The number of nitrogens with zero attached hydrogens (tertiary/aromatic N) is 1. The van der Waals surface area contributed by atoms with Gasteiger partial charge in [-0.2, -0.15) is 0 Å².